The molecular formula is C8H13NO2. The van der Waals surface area contributed by atoms with Gasteiger partial charge in [0, 0.05) is 13.3 Å². The van der Waals surface area contributed by atoms with Crippen molar-refractivity contribution >= 4 is 5.90 Å². The summed E-state index contributed by atoms with van der Waals surface area (Å²) in [6.45, 7) is 1.63. The Morgan fingerprint density at radius 1 is 1.64 bits per heavy atom. The maximum Gasteiger partial charge on any atom is 0.227 e. The first-order valence-corrected chi connectivity index (χ1v) is 3.88. The fourth-order valence-corrected chi connectivity index (χ4v) is 1.11. The number of oxime groups is 1. The van der Waals surface area contributed by atoms with Crippen molar-refractivity contribution in [1.29, 1.82) is 0 Å². The highest BCUT2D eigenvalue weighted by Gasteiger charge is 2.05. The summed E-state index contributed by atoms with van der Waals surface area (Å²) in [5.41, 5.74) is 0. The Labute approximate surface area is 66.4 Å². The van der Waals surface area contributed by atoms with E-state index in [1.807, 2.05) is 0 Å². The molecule has 1 rings (SSSR count). The third kappa shape index (κ3) is 2.62. The third-order valence-corrected chi connectivity index (χ3v) is 1.67. The van der Waals surface area contributed by atoms with Gasteiger partial charge in [-0.05, 0) is 25.3 Å². The van der Waals surface area contributed by atoms with Crippen molar-refractivity contribution in [3.8, 4) is 0 Å². The van der Waals surface area contributed by atoms with Crippen molar-refractivity contribution in [1.82, 2.24) is 0 Å². The highest BCUT2D eigenvalue weighted by molar-refractivity contribution is 5.73. The predicted octanol–water partition coefficient (Wildman–Crippen LogP) is 2.27. The molecule has 0 unspecified atom stereocenters. The van der Waals surface area contributed by atoms with E-state index < -0.39 is 0 Å². The second kappa shape index (κ2) is 4.01. The predicted molar refractivity (Wildman–Crippen MR) is 42.5 cm³/mol. The van der Waals surface area contributed by atoms with Crippen LogP contribution < -0.4 is 0 Å². The van der Waals surface area contributed by atoms with Gasteiger partial charge in [-0.1, -0.05) is 5.16 Å². The molecule has 1 aliphatic carbocycles. The van der Waals surface area contributed by atoms with Crippen LogP contribution in [-0.4, -0.2) is 11.1 Å². The maximum absolute atomic E-state index is 8.30. The van der Waals surface area contributed by atoms with Gasteiger partial charge < -0.3 is 9.94 Å². The molecule has 0 bridgehead atoms. The average Bonchev–Trinajstić information content (AvgIpc) is 2.06. The van der Waals surface area contributed by atoms with Crippen LogP contribution in [0.1, 0.15) is 32.6 Å². The second-order valence-electron chi connectivity index (χ2n) is 2.64. The van der Waals surface area contributed by atoms with Gasteiger partial charge in [0.2, 0.25) is 5.90 Å². The topological polar surface area (TPSA) is 41.8 Å². The Kier molecular flexibility index (Phi) is 2.95. The number of hydrogen-bond donors (Lipinski definition) is 1. The standard InChI is InChI=1S/C8H13NO2/c1-7(9-10)11-8-5-3-2-4-6-8/h5,10H,2-4,6H2,1H3. The van der Waals surface area contributed by atoms with E-state index in [4.69, 9.17) is 9.94 Å². The normalized spacial score (nSPS) is 19.4. The van der Waals surface area contributed by atoms with E-state index in [2.05, 4.69) is 11.2 Å². The number of allylic oxidation sites excluding steroid dienone is 2. The highest BCUT2D eigenvalue weighted by atomic mass is 16.5. The Balaban J connectivity index is 2.41. The Morgan fingerprint density at radius 2 is 2.45 bits per heavy atom. The fraction of sp³-hybridized carbons (Fsp3) is 0.625. The van der Waals surface area contributed by atoms with Gasteiger partial charge in [-0.3, -0.25) is 0 Å². The van der Waals surface area contributed by atoms with E-state index in [-0.39, 0.29) is 0 Å². The van der Waals surface area contributed by atoms with Gasteiger partial charge in [0.05, 0.1) is 0 Å². The molecule has 0 aromatic carbocycles. The minimum Gasteiger partial charge on any atom is -0.445 e. The van der Waals surface area contributed by atoms with Gasteiger partial charge in [-0.25, -0.2) is 0 Å². The third-order valence-electron chi connectivity index (χ3n) is 1.67. The Bertz CT molecular complexity index is 185. The van der Waals surface area contributed by atoms with Gasteiger partial charge in [-0.15, -0.1) is 0 Å². The first-order chi connectivity index (χ1) is 5.33. The summed E-state index contributed by atoms with van der Waals surface area (Å²) in [7, 11) is 0. The minimum absolute atomic E-state index is 0.318. The smallest absolute Gasteiger partial charge is 0.227 e. The summed E-state index contributed by atoms with van der Waals surface area (Å²) in [5, 5.41) is 11.2. The molecule has 0 atom stereocenters. The zero-order valence-electron chi connectivity index (χ0n) is 6.71. The van der Waals surface area contributed by atoms with Crippen LogP contribution in [-0.2, 0) is 4.74 Å². The maximum atomic E-state index is 8.30. The van der Waals surface area contributed by atoms with Gasteiger partial charge in [0.1, 0.15) is 5.76 Å². The molecule has 0 spiro atoms. The molecule has 0 radical (unpaired) electrons. The number of rotatable bonds is 1. The molecule has 11 heavy (non-hydrogen) atoms. The van der Waals surface area contributed by atoms with Crippen molar-refractivity contribution in [3.05, 3.63) is 11.8 Å². The number of hydrogen-bond acceptors (Lipinski definition) is 3. The van der Waals surface area contributed by atoms with E-state index in [0.717, 1.165) is 18.6 Å². The van der Waals surface area contributed by atoms with E-state index in [1.165, 1.54) is 12.8 Å². The monoisotopic (exact) mass is 155 g/mol. The van der Waals surface area contributed by atoms with Crippen LogP contribution in [0.3, 0.4) is 0 Å². The SMILES string of the molecule is CC(=NO)OC1=CCCCC1. The van der Waals surface area contributed by atoms with Crippen molar-refractivity contribution in [2.75, 3.05) is 0 Å². The zero-order chi connectivity index (χ0) is 8.10. The largest absolute Gasteiger partial charge is 0.445 e. The molecule has 1 N–H and O–H groups in total. The van der Waals surface area contributed by atoms with E-state index in [0.29, 0.717) is 5.90 Å². The van der Waals surface area contributed by atoms with Gasteiger partial charge in [0.15, 0.2) is 0 Å². The molecule has 0 aromatic rings. The summed E-state index contributed by atoms with van der Waals surface area (Å²) in [4.78, 5) is 0. The molecule has 0 fully saturated rings. The van der Waals surface area contributed by atoms with Crippen LogP contribution in [0.4, 0.5) is 0 Å². The highest BCUT2D eigenvalue weighted by Crippen LogP contribution is 2.18. The molecule has 0 aliphatic heterocycles. The van der Waals surface area contributed by atoms with Crippen molar-refractivity contribution in [3.63, 3.8) is 0 Å². The van der Waals surface area contributed by atoms with Crippen LogP contribution in [0.2, 0.25) is 0 Å². The molecule has 0 saturated heterocycles. The van der Waals surface area contributed by atoms with Gasteiger partial charge in [-0.2, -0.15) is 0 Å². The average molecular weight is 155 g/mol. The molecule has 3 nitrogen and oxygen atoms in total. The molecule has 62 valence electrons. The van der Waals surface area contributed by atoms with E-state index in [1.54, 1.807) is 6.92 Å². The van der Waals surface area contributed by atoms with Crippen LogP contribution in [0.25, 0.3) is 0 Å². The lowest BCUT2D eigenvalue weighted by Gasteiger charge is -2.12. The lowest BCUT2D eigenvalue weighted by Crippen LogP contribution is -2.02. The first-order valence-electron chi connectivity index (χ1n) is 3.88. The molecule has 0 aromatic heterocycles. The van der Waals surface area contributed by atoms with E-state index in [9.17, 15) is 0 Å². The molecule has 3 heteroatoms. The second-order valence-corrected chi connectivity index (χ2v) is 2.64. The van der Waals surface area contributed by atoms with Crippen molar-refractivity contribution < 1.29 is 9.94 Å². The summed E-state index contributed by atoms with van der Waals surface area (Å²) < 4.78 is 5.20. The molecule has 1 aliphatic rings. The molecule has 0 amide bonds. The molecular weight excluding hydrogens is 142 g/mol. The van der Waals surface area contributed by atoms with Gasteiger partial charge >= 0.3 is 0 Å². The fourth-order valence-electron chi connectivity index (χ4n) is 1.11. The van der Waals surface area contributed by atoms with E-state index >= 15 is 0 Å². The Hall–Kier alpha value is -0.990. The number of ether oxygens (including phenoxy) is 1. The van der Waals surface area contributed by atoms with Crippen LogP contribution in [0.5, 0.6) is 0 Å². The quantitative estimate of drug-likeness (QED) is 0.273. The molecule has 0 saturated carbocycles. The minimum atomic E-state index is 0.318. The first kappa shape index (κ1) is 8.11. The lowest BCUT2D eigenvalue weighted by atomic mass is 10.1. The summed E-state index contributed by atoms with van der Waals surface area (Å²) >= 11 is 0. The van der Waals surface area contributed by atoms with Gasteiger partial charge in [0.25, 0.3) is 0 Å². The summed E-state index contributed by atoms with van der Waals surface area (Å²) in [6, 6.07) is 0. The lowest BCUT2D eigenvalue weighted by molar-refractivity contribution is 0.282. The Morgan fingerprint density at radius 3 is 3.00 bits per heavy atom. The molecule has 0 heterocycles. The van der Waals surface area contributed by atoms with Crippen molar-refractivity contribution in [2.45, 2.75) is 32.6 Å². The van der Waals surface area contributed by atoms with Crippen molar-refractivity contribution in [2.24, 2.45) is 5.16 Å². The summed E-state index contributed by atoms with van der Waals surface area (Å²) in [5.74, 6) is 1.25. The summed E-state index contributed by atoms with van der Waals surface area (Å²) in [6.07, 6.45) is 6.51. The zero-order valence-corrected chi connectivity index (χ0v) is 6.71. The van der Waals surface area contributed by atoms with Crippen LogP contribution in [0, 0.1) is 0 Å². The van der Waals surface area contributed by atoms with Crippen LogP contribution in [0.15, 0.2) is 17.0 Å². The van der Waals surface area contributed by atoms with Crippen LogP contribution >= 0.6 is 0 Å². The number of nitrogens with zero attached hydrogens (tertiary/aromatic N) is 1.